The molecule has 0 aliphatic carbocycles. The van der Waals surface area contributed by atoms with Crippen LogP contribution in [-0.4, -0.2) is 5.11 Å². The Hall–Kier alpha value is -0.470. The highest BCUT2D eigenvalue weighted by Crippen LogP contribution is 2.10. The molecule has 0 aliphatic heterocycles. The van der Waals surface area contributed by atoms with Gasteiger partial charge in [-0.3, -0.25) is 0 Å². The fourth-order valence-electron chi connectivity index (χ4n) is 0.866. The molecule has 0 atom stereocenters. The van der Waals surface area contributed by atoms with Crippen molar-refractivity contribution in [2.75, 3.05) is 0 Å². The summed E-state index contributed by atoms with van der Waals surface area (Å²) in [5.74, 6) is 0.691. The van der Waals surface area contributed by atoms with E-state index in [-0.39, 0.29) is 6.61 Å². The van der Waals surface area contributed by atoms with Crippen molar-refractivity contribution in [2.24, 2.45) is 0 Å². The maximum atomic E-state index is 8.82. The normalized spacial score (nSPS) is 9.80. The fourth-order valence-corrected chi connectivity index (χ4v) is 1.17. The molecule has 0 heterocycles. The van der Waals surface area contributed by atoms with E-state index in [0.29, 0.717) is 5.75 Å². The van der Waals surface area contributed by atoms with E-state index in [4.69, 9.17) is 5.11 Å². The lowest BCUT2D eigenvalue weighted by atomic mass is 10.1. The van der Waals surface area contributed by atoms with Crippen molar-refractivity contribution in [3.05, 3.63) is 35.4 Å². The molecule has 10 heavy (non-hydrogen) atoms. The van der Waals surface area contributed by atoms with E-state index in [2.05, 4.69) is 12.6 Å². The summed E-state index contributed by atoms with van der Waals surface area (Å²) in [7, 11) is 0. The molecule has 0 bridgehead atoms. The Balaban J connectivity index is 2.96. The minimum absolute atomic E-state index is 0.108. The van der Waals surface area contributed by atoms with E-state index in [1.54, 1.807) is 0 Å². The summed E-state index contributed by atoms with van der Waals surface area (Å²) in [6.07, 6.45) is 0. The van der Waals surface area contributed by atoms with Crippen LogP contribution in [0.4, 0.5) is 0 Å². The second kappa shape index (κ2) is 3.64. The Bertz CT molecular complexity index is 187. The summed E-state index contributed by atoms with van der Waals surface area (Å²) >= 11 is 4.12. The van der Waals surface area contributed by atoms with Crippen LogP contribution in [0, 0.1) is 0 Å². The molecule has 0 amide bonds. The van der Waals surface area contributed by atoms with E-state index in [9.17, 15) is 0 Å². The number of benzene rings is 1. The molecule has 1 aromatic carbocycles. The lowest BCUT2D eigenvalue weighted by molar-refractivity contribution is 0.281. The predicted molar refractivity (Wildman–Crippen MR) is 45.1 cm³/mol. The largest absolute Gasteiger partial charge is 0.392 e. The second-order valence-electron chi connectivity index (χ2n) is 2.08. The van der Waals surface area contributed by atoms with Crippen LogP contribution < -0.4 is 0 Å². The number of rotatable bonds is 2. The highest BCUT2D eigenvalue weighted by Gasteiger charge is 1.95. The van der Waals surface area contributed by atoms with Crippen LogP contribution in [0.25, 0.3) is 0 Å². The topological polar surface area (TPSA) is 20.2 Å². The van der Waals surface area contributed by atoms with Crippen LogP contribution in [-0.2, 0) is 12.4 Å². The van der Waals surface area contributed by atoms with Crippen molar-refractivity contribution in [3.8, 4) is 0 Å². The molecule has 0 saturated carbocycles. The zero-order chi connectivity index (χ0) is 7.40. The third-order valence-corrected chi connectivity index (χ3v) is 1.80. The van der Waals surface area contributed by atoms with E-state index in [0.717, 1.165) is 11.1 Å². The number of aliphatic hydroxyl groups is 1. The summed E-state index contributed by atoms with van der Waals surface area (Å²) < 4.78 is 0. The number of hydrogen-bond acceptors (Lipinski definition) is 2. The first kappa shape index (κ1) is 7.63. The maximum absolute atomic E-state index is 8.82. The average molecular weight is 154 g/mol. The van der Waals surface area contributed by atoms with Crippen LogP contribution in [0.5, 0.6) is 0 Å². The van der Waals surface area contributed by atoms with Gasteiger partial charge in [0.2, 0.25) is 0 Å². The second-order valence-corrected chi connectivity index (χ2v) is 2.40. The average Bonchev–Trinajstić information content (AvgIpc) is 2.04. The Morgan fingerprint density at radius 3 is 2.20 bits per heavy atom. The molecule has 0 unspecified atom stereocenters. The van der Waals surface area contributed by atoms with Gasteiger partial charge < -0.3 is 5.11 Å². The number of aliphatic hydroxyl groups excluding tert-OH is 1. The molecule has 0 saturated heterocycles. The Kier molecular flexibility index (Phi) is 2.78. The van der Waals surface area contributed by atoms with Crippen LogP contribution in [0.3, 0.4) is 0 Å². The lowest BCUT2D eigenvalue weighted by Crippen LogP contribution is -1.89. The molecule has 0 fully saturated rings. The van der Waals surface area contributed by atoms with Crippen molar-refractivity contribution < 1.29 is 5.11 Å². The summed E-state index contributed by atoms with van der Waals surface area (Å²) in [5, 5.41) is 8.82. The minimum atomic E-state index is 0.108. The lowest BCUT2D eigenvalue weighted by Gasteiger charge is -2.01. The molecule has 1 N–H and O–H groups in total. The molecule has 54 valence electrons. The fraction of sp³-hybridized carbons (Fsp3) is 0.250. The van der Waals surface area contributed by atoms with E-state index >= 15 is 0 Å². The third kappa shape index (κ3) is 1.52. The smallest absolute Gasteiger partial charge is 0.0684 e. The monoisotopic (exact) mass is 154 g/mol. The molecule has 0 aromatic heterocycles. The minimum Gasteiger partial charge on any atom is -0.392 e. The summed E-state index contributed by atoms with van der Waals surface area (Å²) in [5.41, 5.74) is 2.07. The molecular formula is C8H10OS. The first-order chi connectivity index (χ1) is 4.88. The predicted octanol–water partition coefficient (Wildman–Crippen LogP) is 1.61. The van der Waals surface area contributed by atoms with Gasteiger partial charge in [-0.15, -0.1) is 0 Å². The molecule has 2 heteroatoms. The molecule has 1 rings (SSSR count). The summed E-state index contributed by atoms with van der Waals surface area (Å²) in [6, 6.07) is 7.74. The van der Waals surface area contributed by atoms with Gasteiger partial charge in [0.15, 0.2) is 0 Å². The van der Waals surface area contributed by atoms with Gasteiger partial charge in [-0.05, 0) is 11.1 Å². The molecule has 0 radical (unpaired) electrons. The maximum Gasteiger partial charge on any atom is 0.0684 e. The quantitative estimate of drug-likeness (QED) is 0.620. The Morgan fingerprint density at radius 1 is 1.20 bits per heavy atom. The Morgan fingerprint density at radius 2 is 1.80 bits per heavy atom. The molecule has 1 nitrogen and oxygen atoms in total. The molecule has 0 aliphatic rings. The van der Waals surface area contributed by atoms with Crippen molar-refractivity contribution in [2.45, 2.75) is 12.4 Å². The standard InChI is InChI=1S/C8H10OS/c9-5-7-3-1-2-4-8(7)6-10/h1-4,9-10H,5-6H2. The number of thiol groups is 1. The first-order valence-corrected chi connectivity index (χ1v) is 3.80. The van der Waals surface area contributed by atoms with Gasteiger partial charge in [-0.2, -0.15) is 12.6 Å². The highest BCUT2D eigenvalue weighted by atomic mass is 32.1. The van der Waals surface area contributed by atoms with Crippen molar-refractivity contribution in [3.63, 3.8) is 0 Å². The van der Waals surface area contributed by atoms with Gasteiger partial charge in [0.1, 0.15) is 0 Å². The van der Waals surface area contributed by atoms with Crippen molar-refractivity contribution >= 4 is 12.6 Å². The van der Waals surface area contributed by atoms with Crippen molar-refractivity contribution in [1.82, 2.24) is 0 Å². The summed E-state index contributed by atoms with van der Waals surface area (Å²) in [4.78, 5) is 0. The van der Waals surface area contributed by atoms with Crippen LogP contribution in [0.15, 0.2) is 24.3 Å². The van der Waals surface area contributed by atoms with Gasteiger partial charge in [0, 0.05) is 5.75 Å². The van der Waals surface area contributed by atoms with Gasteiger partial charge in [-0.25, -0.2) is 0 Å². The van der Waals surface area contributed by atoms with Crippen LogP contribution >= 0.6 is 12.6 Å². The number of hydrogen-bond donors (Lipinski definition) is 2. The van der Waals surface area contributed by atoms with Crippen LogP contribution in [0.1, 0.15) is 11.1 Å². The molecular weight excluding hydrogens is 144 g/mol. The first-order valence-electron chi connectivity index (χ1n) is 3.17. The Labute approximate surface area is 66.1 Å². The highest BCUT2D eigenvalue weighted by molar-refractivity contribution is 7.79. The van der Waals surface area contributed by atoms with Gasteiger partial charge >= 0.3 is 0 Å². The van der Waals surface area contributed by atoms with Gasteiger partial charge in [-0.1, -0.05) is 24.3 Å². The zero-order valence-corrected chi connectivity index (χ0v) is 6.51. The van der Waals surface area contributed by atoms with E-state index in [1.807, 2.05) is 24.3 Å². The van der Waals surface area contributed by atoms with E-state index < -0.39 is 0 Å². The molecule has 0 spiro atoms. The summed E-state index contributed by atoms with van der Waals surface area (Å²) in [6.45, 7) is 0.108. The van der Waals surface area contributed by atoms with Crippen molar-refractivity contribution in [1.29, 1.82) is 0 Å². The van der Waals surface area contributed by atoms with Gasteiger partial charge in [0.25, 0.3) is 0 Å². The molecule has 1 aromatic rings. The van der Waals surface area contributed by atoms with Crippen LogP contribution in [0.2, 0.25) is 0 Å². The third-order valence-electron chi connectivity index (χ3n) is 1.46. The zero-order valence-electron chi connectivity index (χ0n) is 5.62. The SMILES string of the molecule is OCc1ccccc1CS. The van der Waals surface area contributed by atoms with E-state index in [1.165, 1.54) is 0 Å². The van der Waals surface area contributed by atoms with Gasteiger partial charge in [0.05, 0.1) is 6.61 Å².